The van der Waals surface area contributed by atoms with Gasteiger partial charge in [0.25, 0.3) is 0 Å². The molecule has 86 valence electrons. The van der Waals surface area contributed by atoms with Crippen LogP contribution in [0.1, 0.15) is 12.0 Å². The summed E-state index contributed by atoms with van der Waals surface area (Å²) in [5.41, 5.74) is 2.68. The van der Waals surface area contributed by atoms with Crippen molar-refractivity contribution in [3.8, 4) is 5.75 Å². The zero-order valence-electron chi connectivity index (χ0n) is 9.37. The van der Waals surface area contributed by atoms with Gasteiger partial charge in [0.15, 0.2) is 0 Å². The highest BCUT2D eigenvalue weighted by Gasteiger charge is 2.16. The molecule has 1 atom stereocenters. The Morgan fingerprint density at radius 3 is 3.31 bits per heavy atom. The van der Waals surface area contributed by atoms with Crippen LogP contribution in [0.2, 0.25) is 0 Å². The first kappa shape index (κ1) is 10.3. The monoisotopic (exact) mass is 235 g/mol. The van der Waals surface area contributed by atoms with Gasteiger partial charge in [0.1, 0.15) is 5.75 Å². The molecule has 0 spiro atoms. The number of hydrogen-bond donors (Lipinski definition) is 1. The Morgan fingerprint density at radius 1 is 1.44 bits per heavy atom. The van der Waals surface area contributed by atoms with Crippen molar-refractivity contribution in [1.29, 1.82) is 0 Å². The molecule has 3 rings (SSSR count). The first-order chi connectivity index (χ1) is 7.92. The molecule has 2 heterocycles. The van der Waals surface area contributed by atoms with Gasteiger partial charge in [-0.15, -0.1) is 0 Å². The van der Waals surface area contributed by atoms with Crippen molar-refractivity contribution in [3.05, 3.63) is 23.8 Å². The van der Waals surface area contributed by atoms with E-state index >= 15 is 0 Å². The van der Waals surface area contributed by atoms with Crippen molar-refractivity contribution in [2.45, 2.75) is 12.8 Å². The van der Waals surface area contributed by atoms with Crippen LogP contribution in [0.5, 0.6) is 5.75 Å². The lowest BCUT2D eigenvalue weighted by Crippen LogP contribution is -2.10. The zero-order valence-corrected chi connectivity index (χ0v) is 10.2. The number of anilines is 1. The minimum atomic E-state index is 0.761. The summed E-state index contributed by atoms with van der Waals surface area (Å²) >= 11 is 2.05. The van der Waals surface area contributed by atoms with Gasteiger partial charge < -0.3 is 10.1 Å². The van der Waals surface area contributed by atoms with Crippen molar-refractivity contribution in [3.63, 3.8) is 0 Å². The summed E-state index contributed by atoms with van der Waals surface area (Å²) in [4.78, 5) is 0. The molecule has 0 aliphatic carbocycles. The third-order valence-corrected chi connectivity index (χ3v) is 4.53. The quantitative estimate of drug-likeness (QED) is 0.870. The van der Waals surface area contributed by atoms with Gasteiger partial charge in [0.05, 0.1) is 6.61 Å². The summed E-state index contributed by atoms with van der Waals surface area (Å²) in [5.74, 6) is 4.38. The van der Waals surface area contributed by atoms with Crippen LogP contribution in [-0.2, 0) is 6.42 Å². The van der Waals surface area contributed by atoms with E-state index in [2.05, 4.69) is 23.5 Å². The summed E-state index contributed by atoms with van der Waals surface area (Å²) in [7, 11) is 0. The molecule has 0 saturated carbocycles. The van der Waals surface area contributed by atoms with Gasteiger partial charge in [0.2, 0.25) is 0 Å². The number of nitrogens with one attached hydrogen (secondary N) is 1. The number of thioether (sulfide) groups is 1. The molecular formula is C13H17NOS. The van der Waals surface area contributed by atoms with Crippen molar-refractivity contribution in [2.75, 3.05) is 30.0 Å². The van der Waals surface area contributed by atoms with Crippen LogP contribution in [0, 0.1) is 5.92 Å². The fourth-order valence-electron chi connectivity index (χ4n) is 2.30. The highest BCUT2D eigenvalue weighted by atomic mass is 32.2. The maximum atomic E-state index is 5.87. The molecule has 1 aromatic rings. The topological polar surface area (TPSA) is 21.3 Å². The highest BCUT2D eigenvalue weighted by molar-refractivity contribution is 7.99. The Balaban J connectivity index is 1.61. The van der Waals surface area contributed by atoms with Gasteiger partial charge in [0, 0.05) is 18.2 Å². The fourth-order valence-corrected chi connectivity index (χ4v) is 3.56. The Kier molecular flexibility index (Phi) is 2.96. The molecule has 1 N–H and O–H groups in total. The molecule has 1 aromatic carbocycles. The molecule has 0 aromatic heterocycles. The maximum Gasteiger partial charge on any atom is 0.119 e. The summed E-state index contributed by atoms with van der Waals surface area (Å²) < 4.78 is 5.87. The molecular weight excluding hydrogens is 218 g/mol. The van der Waals surface area contributed by atoms with E-state index < -0.39 is 0 Å². The van der Waals surface area contributed by atoms with Crippen LogP contribution < -0.4 is 10.1 Å². The van der Waals surface area contributed by atoms with E-state index in [-0.39, 0.29) is 0 Å². The van der Waals surface area contributed by atoms with Gasteiger partial charge >= 0.3 is 0 Å². The van der Waals surface area contributed by atoms with Gasteiger partial charge in [-0.3, -0.25) is 0 Å². The van der Waals surface area contributed by atoms with Gasteiger partial charge in [-0.05, 0) is 48.1 Å². The van der Waals surface area contributed by atoms with E-state index in [9.17, 15) is 0 Å². The van der Waals surface area contributed by atoms with Crippen LogP contribution in [0.3, 0.4) is 0 Å². The lowest BCUT2D eigenvalue weighted by atomic mass is 10.1. The van der Waals surface area contributed by atoms with Crippen LogP contribution in [0.4, 0.5) is 5.69 Å². The molecule has 1 unspecified atom stereocenters. The van der Waals surface area contributed by atoms with Crippen molar-refractivity contribution in [1.82, 2.24) is 0 Å². The van der Waals surface area contributed by atoms with Gasteiger partial charge in [-0.2, -0.15) is 11.8 Å². The van der Waals surface area contributed by atoms with E-state index in [0.29, 0.717) is 0 Å². The standard InChI is InChI=1S/C13H17NOS/c1-2-13-11(3-5-14-13)7-12(1)15-8-10-4-6-16-9-10/h1-2,7,10,14H,3-6,8-9H2. The van der Waals surface area contributed by atoms with Crippen LogP contribution in [-0.4, -0.2) is 24.7 Å². The molecule has 3 heteroatoms. The third-order valence-electron chi connectivity index (χ3n) is 3.30. The number of ether oxygens (including phenoxy) is 1. The molecule has 2 aliphatic heterocycles. The van der Waals surface area contributed by atoms with E-state index in [1.54, 1.807) is 0 Å². The summed E-state index contributed by atoms with van der Waals surface area (Å²) in [6.45, 7) is 1.96. The minimum Gasteiger partial charge on any atom is -0.493 e. The molecule has 16 heavy (non-hydrogen) atoms. The molecule has 0 bridgehead atoms. The fraction of sp³-hybridized carbons (Fsp3) is 0.538. The van der Waals surface area contributed by atoms with Crippen LogP contribution in [0.25, 0.3) is 0 Å². The van der Waals surface area contributed by atoms with Crippen molar-refractivity contribution < 1.29 is 4.74 Å². The van der Waals surface area contributed by atoms with E-state index in [0.717, 1.165) is 31.2 Å². The average molecular weight is 235 g/mol. The third kappa shape index (κ3) is 2.14. The van der Waals surface area contributed by atoms with E-state index in [1.807, 2.05) is 11.8 Å². The number of benzene rings is 1. The summed E-state index contributed by atoms with van der Waals surface area (Å²) in [6.07, 6.45) is 2.45. The highest BCUT2D eigenvalue weighted by Crippen LogP contribution is 2.28. The van der Waals surface area contributed by atoms with Crippen LogP contribution >= 0.6 is 11.8 Å². The Hall–Kier alpha value is -0.830. The number of fused-ring (bicyclic) bond motifs is 1. The summed E-state index contributed by atoms with van der Waals surface area (Å²) in [5, 5.41) is 3.37. The second-order valence-electron chi connectivity index (χ2n) is 4.54. The smallest absolute Gasteiger partial charge is 0.119 e. The maximum absolute atomic E-state index is 5.87. The second-order valence-corrected chi connectivity index (χ2v) is 5.69. The SMILES string of the molecule is c1cc2c(cc1OCC1CCSC1)CCN2. The largest absolute Gasteiger partial charge is 0.493 e. The van der Waals surface area contributed by atoms with Gasteiger partial charge in [-0.25, -0.2) is 0 Å². The molecule has 0 amide bonds. The lowest BCUT2D eigenvalue weighted by Gasteiger charge is -2.11. The summed E-state index contributed by atoms with van der Waals surface area (Å²) in [6, 6.07) is 6.41. The normalized spacial score (nSPS) is 22.9. The molecule has 1 fully saturated rings. The first-order valence-corrected chi connectivity index (χ1v) is 7.14. The predicted octanol–water partition coefficient (Wildman–Crippen LogP) is 2.79. The van der Waals surface area contributed by atoms with Crippen LogP contribution in [0.15, 0.2) is 18.2 Å². The predicted molar refractivity (Wildman–Crippen MR) is 69.6 cm³/mol. The van der Waals surface area contributed by atoms with E-state index in [4.69, 9.17) is 4.74 Å². The van der Waals surface area contributed by atoms with E-state index in [1.165, 1.54) is 29.2 Å². The lowest BCUT2D eigenvalue weighted by molar-refractivity contribution is 0.263. The Morgan fingerprint density at radius 2 is 2.44 bits per heavy atom. The number of rotatable bonds is 3. The average Bonchev–Trinajstić information content (AvgIpc) is 2.97. The number of hydrogen-bond acceptors (Lipinski definition) is 3. The Labute approximate surface area is 101 Å². The molecule has 2 nitrogen and oxygen atoms in total. The Bertz CT molecular complexity index is 374. The minimum absolute atomic E-state index is 0.761. The molecule has 0 radical (unpaired) electrons. The molecule has 1 saturated heterocycles. The van der Waals surface area contributed by atoms with Gasteiger partial charge in [-0.1, -0.05) is 0 Å². The molecule has 2 aliphatic rings. The van der Waals surface area contributed by atoms with Crippen molar-refractivity contribution in [2.24, 2.45) is 5.92 Å². The van der Waals surface area contributed by atoms with Crippen molar-refractivity contribution >= 4 is 17.4 Å². The second kappa shape index (κ2) is 4.58. The zero-order chi connectivity index (χ0) is 10.8. The first-order valence-electron chi connectivity index (χ1n) is 5.99.